The Kier molecular flexibility index (Phi) is 3.32. The van der Waals surface area contributed by atoms with Crippen molar-refractivity contribution in [2.75, 3.05) is 5.73 Å². The van der Waals surface area contributed by atoms with Crippen molar-refractivity contribution in [2.45, 2.75) is 20.8 Å². The number of nitrogens with one attached hydrogen (secondary N) is 1. The highest BCUT2D eigenvalue weighted by atomic mass is 16.3. The highest BCUT2D eigenvalue weighted by molar-refractivity contribution is 5.85. The van der Waals surface area contributed by atoms with Crippen molar-refractivity contribution in [2.24, 2.45) is 0 Å². The lowest BCUT2D eigenvalue weighted by Gasteiger charge is -2.10. The molecule has 0 spiro atoms. The van der Waals surface area contributed by atoms with Gasteiger partial charge in [-0.25, -0.2) is 4.98 Å². The van der Waals surface area contributed by atoms with Gasteiger partial charge >= 0.3 is 0 Å². The molecule has 5 nitrogen and oxygen atoms in total. The topological polar surface area (TPSA) is 79.9 Å². The van der Waals surface area contributed by atoms with Crippen LogP contribution in [0.2, 0.25) is 0 Å². The fraction of sp³-hybridized carbons (Fsp3) is 0.150. The highest BCUT2D eigenvalue weighted by Gasteiger charge is 2.20. The van der Waals surface area contributed by atoms with Gasteiger partial charge in [0.15, 0.2) is 0 Å². The summed E-state index contributed by atoms with van der Waals surface area (Å²) in [5.74, 6) is 1.14. The molecule has 4 rings (SSSR count). The number of aromatic nitrogens is 3. The molecule has 25 heavy (non-hydrogen) atoms. The number of nitrogens with two attached hydrogens (primary N) is 1. The third-order valence-corrected chi connectivity index (χ3v) is 4.52. The molecule has 126 valence electrons. The number of rotatable bonds is 2. The Labute approximate surface area is 145 Å². The Hall–Kier alpha value is -3.21. The molecule has 0 saturated carbocycles. The van der Waals surface area contributed by atoms with Gasteiger partial charge in [0.25, 0.3) is 0 Å². The maximum Gasteiger partial charge on any atom is 0.146 e. The maximum absolute atomic E-state index is 10.5. The van der Waals surface area contributed by atoms with Crippen molar-refractivity contribution < 1.29 is 5.11 Å². The molecular formula is C20H20N4O. The summed E-state index contributed by atoms with van der Waals surface area (Å²) in [6.07, 6.45) is 1.64. The molecule has 2 heterocycles. The van der Waals surface area contributed by atoms with Crippen LogP contribution in [0.5, 0.6) is 5.75 Å². The summed E-state index contributed by atoms with van der Waals surface area (Å²) in [5.41, 5.74) is 13.0. The summed E-state index contributed by atoms with van der Waals surface area (Å²) in [4.78, 5) is 7.84. The number of nitrogen functional groups attached to an aromatic ring is 1. The van der Waals surface area contributed by atoms with Gasteiger partial charge in [0.2, 0.25) is 0 Å². The van der Waals surface area contributed by atoms with Crippen LogP contribution in [0.15, 0.2) is 42.6 Å². The number of benzene rings is 2. The van der Waals surface area contributed by atoms with Crippen molar-refractivity contribution in [3.05, 3.63) is 59.3 Å². The minimum Gasteiger partial charge on any atom is -0.505 e. The minimum atomic E-state index is 0.106. The van der Waals surface area contributed by atoms with E-state index in [0.717, 1.165) is 33.4 Å². The molecule has 4 N–H and O–H groups in total. The van der Waals surface area contributed by atoms with Gasteiger partial charge in [-0.1, -0.05) is 18.2 Å². The van der Waals surface area contributed by atoms with Crippen LogP contribution in [0, 0.1) is 20.8 Å². The van der Waals surface area contributed by atoms with Gasteiger partial charge < -0.3 is 15.8 Å². The number of hydrogen-bond donors (Lipinski definition) is 3. The van der Waals surface area contributed by atoms with E-state index in [1.54, 1.807) is 6.20 Å². The molecular weight excluding hydrogens is 312 g/mol. The molecule has 0 aliphatic carbocycles. The predicted octanol–water partition coefficient (Wildman–Crippen LogP) is 4.23. The summed E-state index contributed by atoms with van der Waals surface area (Å²) in [6.45, 7) is 6.09. The molecule has 4 aromatic rings. The first kappa shape index (κ1) is 15.3. The van der Waals surface area contributed by atoms with Crippen molar-refractivity contribution in [1.82, 2.24) is 14.5 Å². The summed E-state index contributed by atoms with van der Waals surface area (Å²) in [6, 6.07) is 12.2. The first-order chi connectivity index (χ1) is 11.9. The molecule has 2 aromatic carbocycles. The average molecular weight is 332 g/mol. The van der Waals surface area contributed by atoms with Crippen LogP contribution >= 0.6 is 0 Å². The van der Waals surface area contributed by atoms with E-state index in [4.69, 9.17) is 5.73 Å². The first-order valence-corrected chi connectivity index (χ1v) is 8.18. The third-order valence-electron chi connectivity index (χ3n) is 4.52. The van der Waals surface area contributed by atoms with Gasteiger partial charge in [-0.15, -0.1) is 0 Å². The normalized spacial score (nSPS) is 11.3. The molecule has 0 fully saturated rings. The van der Waals surface area contributed by atoms with Gasteiger partial charge in [0.1, 0.15) is 23.0 Å². The number of H-pyrrole nitrogens is 1. The number of imidazole rings is 1. The molecule has 2 aromatic heterocycles. The minimum absolute atomic E-state index is 0.106. The predicted molar refractivity (Wildman–Crippen MR) is 101 cm³/mol. The number of aromatic hydroxyl groups is 1. The third kappa shape index (κ3) is 2.45. The number of aryl methyl sites for hydroxylation is 3. The molecule has 0 bridgehead atoms. The van der Waals surface area contributed by atoms with Gasteiger partial charge in [0, 0.05) is 0 Å². The fourth-order valence-electron chi connectivity index (χ4n) is 3.17. The van der Waals surface area contributed by atoms with E-state index >= 15 is 0 Å². The average Bonchev–Trinajstić information content (AvgIpc) is 3.09. The molecule has 0 radical (unpaired) electrons. The Balaban J connectivity index is 1.91. The molecule has 0 atom stereocenters. The number of fused-ring (bicyclic) bond motifs is 1. The number of aromatic amines is 1. The van der Waals surface area contributed by atoms with E-state index in [-0.39, 0.29) is 5.75 Å². The van der Waals surface area contributed by atoms with E-state index < -0.39 is 0 Å². The van der Waals surface area contributed by atoms with Crippen molar-refractivity contribution in [3.63, 3.8) is 0 Å². The lowest BCUT2D eigenvalue weighted by Crippen LogP contribution is -2.02. The number of anilines is 1. The van der Waals surface area contributed by atoms with Crippen molar-refractivity contribution in [1.29, 1.82) is 0 Å². The molecule has 0 saturated heterocycles. The standard InChI is InChI=1S/C20H20N4O/c1-11-5-7-14-15(8-11)23-20(22-14)18-17(25)10-24(19(18)21)16-9-12(2)4-6-13(16)3/h4-10,25H,21H2,1-3H3,(H,22,23). The maximum atomic E-state index is 10.5. The molecule has 0 aliphatic heterocycles. The van der Waals surface area contributed by atoms with E-state index in [1.165, 1.54) is 0 Å². The lowest BCUT2D eigenvalue weighted by atomic mass is 10.1. The Morgan fingerprint density at radius 3 is 2.56 bits per heavy atom. The monoisotopic (exact) mass is 332 g/mol. The van der Waals surface area contributed by atoms with Gasteiger partial charge in [-0.3, -0.25) is 4.57 Å². The fourth-order valence-corrected chi connectivity index (χ4v) is 3.17. The largest absolute Gasteiger partial charge is 0.505 e. The zero-order chi connectivity index (χ0) is 17.7. The highest BCUT2D eigenvalue weighted by Crippen LogP contribution is 2.38. The van der Waals surface area contributed by atoms with E-state index in [1.807, 2.05) is 49.6 Å². The van der Waals surface area contributed by atoms with Crippen LogP contribution in [0.4, 0.5) is 5.82 Å². The van der Waals surface area contributed by atoms with Crippen molar-refractivity contribution >= 4 is 16.9 Å². The second kappa shape index (κ2) is 5.41. The number of hydrogen-bond acceptors (Lipinski definition) is 3. The van der Waals surface area contributed by atoms with Crippen LogP contribution in [0.1, 0.15) is 16.7 Å². The second-order valence-corrected chi connectivity index (χ2v) is 6.54. The zero-order valence-corrected chi connectivity index (χ0v) is 14.5. The summed E-state index contributed by atoms with van der Waals surface area (Å²) in [7, 11) is 0. The summed E-state index contributed by atoms with van der Waals surface area (Å²) >= 11 is 0. The van der Waals surface area contributed by atoms with Gasteiger partial charge in [0.05, 0.1) is 22.9 Å². The van der Waals surface area contributed by atoms with Crippen LogP contribution in [-0.2, 0) is 0 Å². The van der Waals surface area contributed by atoms with E-state index in [0.29, 0.717) is 17.2 Å². The van der Waals surface area contributed by atoms with E-state index in [9.17, 15) is 5.11 Å². The lowest BCUT2D eigenvalue weighted by molar-refractivity contribution is 0.477. The smallest absolute Gasteiger partial charge is 0.146 e. The molecule has 0 aliphatic rings. The van der Waals surface area contributed by atoms with Crippen LogP contribution in [0.25, 0.3) is 28.1 Å². The first-order valence-electron chi connectivity index (χ1n) is 8.18. The Morgan fingerprint density at radius 2 is 1.76 bits per heavy atom. The van der Waals surface area contributed by atoms with Crippen molar-refractivity contribution in [3.8, 4) is 22.8 Å². The SMILES string of the molecule is Cc1ccc(C)c(-n2cc(O)c(-c3nc4ccc(C)cc4[nH]3)c2N)c1. The van der Waals surface area contributed by atoms with Crippen LogP contribution in [0.3, 0.4) is 0 Å². The second-order valence-electron chi connectivity index (χ2n) is 6.54. The Bertz CT molecular complexity index is 1100. The molecule has 0 unspecified atom stereocenters. The summed E-state index contributed by atoms with van der Waals surface area (Å²) < 4.78 is 1.81. The quantitative estimate of drug-likeness (QED) is 0.514. The van der Waals surface area contributed by atoms with Crippen LogP contribution in [-0.4, -0.2) is 19.6 Å². The van der Waals surface area contributed by atoms with Crippen LogP contribution < -0.4 is 5.73 Å². The Morgan fingerprint density at radius 1 is 1.04 bits per heavy atom. The van der Waals surface area contributed by atoms with Gasteiger partial charge in [-0.05, 0) is 55.7 Å². The van der Waals surface area contributed by atoms with Gasteiger partial charge in [-0.2, -0.15) is 0 Å². The molecule has 0 amide bonds. The summed E-state index contributed by atoms with van der Waals surface area (Å²) in [5, 5.41) is 10.5. The number of nitrogens with zero attached hydrogens (tertiary/aromatic N) is 2. The zero-order valence-electron chi connectivity index (χ0n) is 14.5. The van der Waals surface area contributed by atoms with E-state index in [2.05, 4.69) is 22.1 Å². The molecule has 5 heteroatoms.